The van der Waals surface area contributed by atoms with E-state index in [-0.39, 0.29) is 0 Å². The summed E-state index contributed by atoms with van der Waals surface area (Å²) in [6, 6.07) is 4.40. The molecule has 0 bridgehead atoms. The zero-order valence-corrected chi connectivity index (χ0v) is 11.2. The molecule has 0 saturated carbocycles. The third kappa shape index (κ3) is 2.96. The fourth-order valence-corrected chi connectivity index (χ4v) is 2.06. The Morgan fingerprint density at radius 3 is 2.72 bits per heavy atom. The van der Waals surface area contributed by atoms with Gasteiger partial charge in [0.25, 0.3) is 0 Å². The monoisotopic (exact) mass is 244 g/mol. The fraction of sp³-hybridized carbons (Fsp3) is 0.429. The Hall–Kier alpha value is -1.68. The molecule has 0 fully saturated rings. The minimum absolute atomic E-state index is 0.318. The van der Waals surface area contributed by atoms with Crippen molar-refractivity contribution in [1.29, 1.82) is 0 Å². The standard InChI is InChI=1S/C14H20N4/c1-4-14-13(10-18(3)17-14)9-16-11(2)12-5-7-15-8-6-12/h5-8,10-11,16H,4,9H2,1-3H3/t11-/m0/s1. The van der Waals surface area contributed by atoms with Crippen LogP contribution in [-0.2, 0) is 20.0 Å². The molecule has 0 aliphatic carbocycles. The van der Waals surface area contributed by atoms with Gasteiger partial charge in [-0.2, -0.15) is 5.10 Å². The van der Waals surface area contributed by atoms with Gasteiger partial charge in [0.1, 0.15) is 0 Å². The normalized spacial score (nSPS) is 12.6. The molecule has 1 N–H and O–H groups in total. The Kier molecular flexibility index (Phi) is 4.10. The summed E-state index contributed by atoms with van der Waals surface area (Å²) in [5, 5.41) is 7.97. The molecule has 4 nitrogen and oxygen atoms in total. The van der Waals surface area contributed by atoms with Gasteiger partial charge in [-0.1, -0.05) is 6.92 Å². The van der Waals surface area contributed by atoms with Crippen molar-refractivity contribution >= 4 is 0 Å². The number of hydrogen-bond donors (Lipinski definition) is 1. The zero-order valence-electron chi connectivity index (χ0n) is 11.2. The molecule has 4 heteroatoms. The second-order valence-corrected chi connectivity index (χ2v) is 4.51. The molecule has 1 atom stereocenters. The molecule has 0 unspecified atom stereocenters. The highest BCUT2D eigenvalue weighted by Gasteiger charge is 2.08. The second kappa shape index (κ2) is 5.78. The summed E-state index contributed by atoms with van der Waals surface area (Å²) in [6.07, 6.45) is 6.72. The number of nitrogens with one attached hydrogen (secondary N) is 1. The molecule has 96 valence electrons. The Morgan fingerprint density at radius 2 is 2.06 bits per heavy atom. The predicted molar refractivity (Wildman–Crippen MR) is 72.1 cm³/mol. The Bertz CT molecular complexity index is 490. The average Bonchev–Trinajstić information content (AvgIpc) is 2.77. The van der Waals surface area contributed by atoms with Crippen LogP contribution < -0.4 is 5.32 Å². The highest BCUT2D eigenvalue weighted by molar-refractivity contribution is 5.18. The van der Waals surface area contributed by atoms with E-state index >= 15 is 0 Å². The summed E-state index contributed by atoms with van der Waals surface area (Å²) in [4.78, 5) is 4.04. The van der Waals surface area contributed by atoms with E-state index in [1.165, 1.54) is 16.8 Å². The molecule has 0 radical (unpaired) electrons. The van der Waals surface area contributed by atoms with E-state index in [0.29, 0.717) is 6.04 Å². The van der Waals surface area contributed by atoms with Crippen molar-refractivity contribution in [2.45, 2.75) is 32.9 Å². The molecule has 0 aliphatic rings. The molecule has 0 spiro atoms. The molecule has 2 aromatic rings. The Labute approximate surface area is 108 Å². The smallest absolute Gasteiger partial charge is 0.0666 e. The first-order valence-electron chi connectivity index (χ1n) is 6.35. The first-order valence-corrected chi connectivity index (χ1v) is 6.35. The van der Waals surface area contributed by atoms with Crippen molar-refractivity contribution in [2.24, 2.45) is 7.05 Å². The number of aromatic nitrogens is 3. The molecule has 18 heavy (non-hydrogen) atoms. The molecular weight excluding hydrogens is 224 g/mol. The quantitative estimate of drug-likeness (QED) is 0.877. The number of nitrogens with zero attached hydrogens (tertiary/aromatic N) is 3. The molecule has 0 aromatic carbocycles. The van der Waals surface area contributed by atoms with Gasteiger partial charge in [0.05, 0.1) is 5.69 Å². The van der Waals surface area contributed by atoms with Gasteiger partial charge in [-0.15, -0.1) is 0 Å². The van der Waals surface area contributed by atoms with Gasteiger partial charge in [0, 0.05) is 43.8 Å². The number of rotatable bonds is 5. The minimum Gasteiger partial charge on any atom is -0.306 e. The van der Waals surface area contributed by atoms with Crippen LogP contribution in [0.25, 0.3) is 0 Å². The molecule has 0 amide bonds. The first-order chi connectivity index (χ1) is 8.70. The minimum atomic E-state index is 0.318. The maximum atomic E-state index is 4.45. The van der Waals surface area contributed by atoms with Gasteiger partial charge in [-0.05, 0) is 31.0 Å². The molecule has 2 rings (SSSR count). The number of aryl methyl sites for hydroxylation is 2. The van der Waals surface area contributed by atoms with Crippen LogP contribution in [0.1, 0.15) is 36.7 Å². The van der Waals surface area contributed by atoms with Gasteiger partial charge in [0.2, 0.25) is 0 Å². The van der Waals surface area contributed by atoms with Crippen LogP contribution in [0.3, 0.4) is 0 Å². The average molecular weight is 244 g/mol. The van der Waals surface area contributed by atoms with Crippen LogP contribution in [0.5, 0.6) is 0 Å². The SMILES string of the molecule is CCc1nn(C)cc1CN[C@@H](C)c1ccncc1. The van der Waals surface area contributed by atoms with Crippen molar-refractivity contribution in [2.75, 3.05) is 0 Å². The van der Waals surface area contributed by atoms with Gasteiger partial charge < -0.3 is 5.32 Å². The Morgan fingerprint density at radius 1 is 1.33 bits per heavy atom. The van der Waals surface area contributed by atoms with Gasteiger partial charge >= 0.3 is 0 Å². The summed E-state index contributed by atoms with van der Waals surface area (Å²) >= 11 is 0. The van der Waals surface area contributed by atoms with Crippen LogP contribution in [0.15, 0.2) is 30.7 Å². The van der Waals surface area contributed by atoms with Crippen LogP contribution in [0, 0.1) is 0 Å². The van der Waals surface area contributed by atoms with Crippen molar-refractivity contribution in [3.05, 3.63) is 47.5 Å². The third-order valence-electron chi connectivity index (χ3n) is 3.13. The van der Waals surface area contributed by atoms with Crippen molar-refractivity contribution < 1.29 is 0 Å². The topological polar surface area (TPSA) is 42.7 Å². The van der Waals surface area contributed by atoms with E-state index in [1.807, 2.05) is 36.3 Å². The van der Waals surface area contributed by atoms with E-state index in [0.717, 1.165) is 13.0 Å². The molecule has 0 aliphatic heterocycles. The van der Waals surface area contributed by atoms with Crippen molar-refractivity contribution in [3.8, 4) is 0 Å². The lowest BCUT2D eigenvalue weighted by molar-refractivity contribution is 0.572. The van der Waals surface area contributed by atoms with E-state index in [2.05, 4.69) is 35.4 Å². The Balaban J connectivity index is 1.99. The number of pyridine rings is 1. The molecular formula is C14H20N4. The van der Waals surface area contributed by atoms with Crippen molar-refractivity contribution in [1.82, 2.24) is 20.1 Å². The van der Waals surface area contributed by atoms with E-state index in [9.17, 15) is 0 Å². The van der Waals surface area contributed by atoms with Crippen molar-refractivity contribution in [3.63, 3.8) is 0 Å². The largest absolute Gasteiger partial charge is 0.306 e. The number of hydrogen-bond acceptors (Lipinski definition) is 3. The fourth-order valence-electron chi connectivity index (χ4n) is 2.06. The van der Waals surface area contributed by atoms with E-state index < -0.39 is 0 Å². The maximum absolute atomic E-state index is 4.45. The second-order valence-electron chi connectivity index (χ2n) is 4.51. The summed E-state index contributed by atoms with van der Waals surface area (Å²) < 4.78 is 1.88. The van der Waals surface area contributed by atoms with E-state index in [1.54, 1.807) is 0 Å². The van der Waals surface area contributed by atoms with Gasteiger partial charge in [-0.25, -0.2) is 0 Å². The predicted octanol–water partition coefficient (Wildman–Crippen LogP) is 2.23. The van der Waals surface area contributed by atoms with Gasteiger partial charge in [0.15, 0.2) is 0 Å². The lowest BCUT2D eigenvalue weighted by Crippen LogP contribution is -2.18. The van der Waals surface area contributed by atoms with Gasteiger partial charge in [-0.3, -0.25) is 9.67 Å². The highest BCUT2D eigenvalue weighted by Crippen LogP contribution is 2.13. The summed E-state index contributed by atoms with van der Waals surface area (Å²) in [7, 11) is 1.97. The highest BCUT2D eigenvalue weighted by atomic mass is 15.3. The molecule has 2 aromatic heterocycles. The van der Waals surface area contributed by atoms with Crippen LogP contribution in [0.4, 0.5) is 0 Å². The molecule has 2 heterocycles. The first kappa shape index (κ1) is 12.8. The van der Waals surface area contributed by atoms with Crippen LogP contribution in [-0.4, -0.2) is 14.8 Å². The lowest BCUT2D eigenvalue weighted by Gasteiger charge is -2.13. The zero-order chi connectivity index (χ0) is 13.0. The maximum Gasteiger partial charge on any atom is 0.0666 e. The summed E-state index contributed by atoms with van der Waals surface area (Å²) in [5.74, 6) is 0. The molecule has 0 saturated heterocycles. The summed E-state index contributed by atoms with van der Waals surface area (Å²) in [5.41, 5.74) is 3.71. The van der Waals surface area contributed by atoms with Crippen LogP contribution in [0.2, 0.25) is 0 Å². The lowest BCUT2D eigenvalue weighted by atomic mass is 10.1. The van der Waals surface area contributed by atoms with Crippen LogP contribution >= 0.6 is 0 Å². The van der Waals surface area contributed by atoms with E-state index in [4.69, 9.17) is 0 Å². The summed E-state index contributed by atoms with van der Waals surface area (Å²) in [6.45, 7) is 5.15. The third-order valence-corrected chi connectivity index (χ3v) is 3.13.